The highest BCUT2D eigenvalue weighted by atomic mass is 16.6. The molecule has 0 aliphatic carbocycles. The molecule has 3 amide bonds. The molecule has 13 heteroatoms. The van der Waals surface area contributed by atoms with Crippen molar-refractivity contribution in [3.8, 4) is 0 Å². The van der Waals surface area contributed by atoms with Crippen LogP contribution in [0.3, 0.4) is 0 Å². The second-order valence-corrected chi connectivity index (χ2v) is 13.8. The number of benzene rings is 2. The molecule has 1 fully saturated rings. The van der Waals surface area contributed by atoms with Crippen LogP contribution < -0.4 is 21.8 Å². The van der Waals surface area contributed by atoms with Crippen LogP contribution in [0, 0.1) is 5.92 Å². The highest BCUT2D eigenvalue weighted by Crippen LogP contribution is 2.29. The van der Waals surface area contributed by atoms with Gasteiger partial charge >= 0.3 is 18.0 Å². The highest BCUT2D eigenvalue weighted by molar-refractivity contribution is 5.90. The predicted octanol–water partition coefficient (Wildman–Crippen LogP) is 3.21. The molecule has 0 radical (unpaired) electrons. The number of likely N-dealkylation sites (tertiary alicyclic amines) is 1. The van der Waals surface area contributed by atoms with Crippen molar-refractivity contribution in [3.05, 3.63) is 71.8 Å². The number of hydrogen-bond donors (Lipinski definition) is 5. The van der Waals surface area contributed by atoms with Crippen LogP contribution in [0.5, 0.6) is 0 Å². The van der Waals surface area contributed by atoms with Crippen LogP contribution in [-0.4, -0.2) is 82.4 Å². The number of carbonyl (C=O) groups excluding carboxylic acids is 4. The van der Waals surface area contributed by atoms with Crippen molar-refractivity contribution in [2.24, 2.45) is 11.7 Å². The molecule has 2 unspecified atom stereocenters. The first-order valence-corrected chi connectivity index (χ1v) is 16.8. The summed E-state index contributed by atoms with van der Waals surface area (Å²) in [6.07, 6.45) is 0.535. The van der Waals surface area contributed by atoms with Gasteiger partial charge in [0, 0.05) is 12.8 Å². The number of carboxylic acids is 1. The zero-order valence-corrected chi connectivity index (χ0v) is 29.1. The Bertz CT molecular complexity index is 1420. The summed E-state index contributed by atoms with van der Waals surface area (Å²) in [5.74, 6) is -3.30. The summed E-state index contributed by atoms with van der Waals surface area (Å²) >= 11 is 0. The van der Waals surface area contributed by atoms with E-state index >= 15 is 0 Å². The maximum atomic E-state index is 13.8. The minimum atomic E-state index is -1.34. The van der Waals surface area contributed by atoms with Crippen LogP contribution in [0.1, 0.15) is 71.4 Å². The summed E-state index contributed by atoms with van der Waals surface area (Å²) in [5, 5.41) is 15.7. The van der Waals surface area contributed by atoms with Crippen LogP contribution in [0.2, 0.25) is 0 Å². The first kappa shape index (κ1) is 39.0. The van der Waals surface area contributed by atoms with Gasteiger partial charge in [-0.25, -0.2) is 14.2 Å². The molecule has 1 saturated heterocycles. The average Bonchev–Trinajstić information content (AvgIpc) is 3.44. The van der Waals surface area contributed by atoms with E-state index in [4.69, 9.17) is 15.2 Å². The number of nitrogens with two attached hydrogens (primary N) is 1. The lowest BCUT2D eigenvalue weighted by atomic mass is 9.99. The largest absolute Gasteiger partial charge is 0.480 e. The summed E-state index contributed by atoms with van der Waals surface area (Å²) in [4.78, 5) is 64.9. The SMILES string of the molecule is CC[C@H](C)[C@H](N[N+]1(CC(Cc2ccccc2)NC(=O)[C@H](CC(N)=O)NC(=O)OC(C)(C)C)CCC[C@H]1C(=O)OCc1ccccc1)C(=O)O. The van der Waals surface area contributed by atoms with Crippen molar-refractivity contribution in [2.75, 3.05) is 13.1 Å². The van der Waals surface area contributed by atoms with Gasteiger partial charge in [-0.15, -0.1) is 0 Å². The molecule has 49 heavy (non-hydrogen) atoms. The van der Waals surface area contributed by atoms with Gasteiger partial charge < -0.3 is 30.9 Å². The van der Waals surface area contributed by atoms with Crippen molar-refractivity contribution in [2.45, 2.75) is 103 Å². The Kier molecular flexibility index (Phi) is 14.1. The molecule has 268 valence electrons. The molecular formula is C36H52N5O8+. The number of nitrogens with zero attached hydrogens (tertiary/aromatic N) is 1. The fourth-order valence-electron chi connectivity index (χ4n) is 6.09. The number of nitrogens with one attached hydrogen (secondary N) is 3. The quantitative estimate of drug-likeness (QED) is 0.123. The number of esters is 1. The van der Waals surface area contributed by atoms with E-state index in [-0.39, 0.29) is 23.7 Å². The molecule has 6 atom stereocenters. The third kappa shape index (κ3) is 12.2. The fourth-order valence-corrected chi connectivity index (χ4v) is 6.09. The molecule has 6 N–H and O–H groups in total. The number of carboxylic acid groups (broad SMARTS) is 1. The summed E-state index contributed by atoms with van der Waals surface area (Å²) < 4.78 is 11.0. The maximum absolute atomic E-state index is 13.8. The molecule has 13 nitrogen and oxygen atoms in total. The second kappa shape index (κ2) is 17.8. The lowest BCUT2D eigenvalue weighted by Crippen LogP contribution is -2.71. The minimum absolute atomic E-state index is 0.0548. The molecule has 2 aromatic carbocycles. The van der Waals surface area contributed by atoms with Gasteiger partial charge in [-0.05, 0) is 44.2 Å². The molecule has 1 aliphatic rings. The van der Waals surface area contributed by atoms with E-state index in [0.717, 1.165) is 11.1 Å². The number of quaternary nitrogens is 1. The van der Waals surface area contributed by atoms with Crippen LogP contribution in [0.4, 0.5) is 4.79 Å². The number of rotatable bonds is 17. The van der Waals surface area contributed by atoms with Gasteiger partial charge in [-0.2, -0.15) is 5.43 Å². The lowest BCUT2D eigenvalue weighted by Gasteiger charge is -2.43. The summed E-state index contributed by atoms with van der Waals surface area (Å²) in [7, 11) is 0. The molecule has 1 aliphatic heterocycles. The maximum Gasteiger partial charge on any atom is 0.408 e. The van der Waals surface area contributed by atoms with Gasteiger partial charge in [0.05, 0.1) is 19.0 Å². The van der Waals surface area contributed by atoms with Crippen LogP contribution in [0.15, 0.2) is 60.7 Å². The van der Waals surface area contributed by atoms with E-state index < -0.39 is 66.0 Å². The highest BCUT2D eigenvalue weighted by Gasteiger charge is 2.52. The first-order chi connectivity index (χ1) is 23.1. The molecule has 0 bridgehead atoms. The normalized spacial score (nSPS) is 19.9. The Hall–Kier alpha value is -4.49. The van der Waals surface area contributed by atoms with Crippen molar-refractivity contribution < 1.29 is 43.1 Å². The Morgan fingerprint density at radius 1 is 0.980 bits per heavy atom. The molecular weight excluding hydrogens is 630 g/mol. The molecule has 0 saturated carbocycles. The predicted molar refractivity (Wildman–Crippen MR) is 182 cm³/mol. The number of carbonyl (C=O) groups is 5. The smallest absolute Gasteiger partial charge is 0.408 e. The van der Waals surface area contributed by atoms with E-state index in [1.54, 1.807) is 20.8 Å². The minimum Gasteiger partial charge on any atom is -0.480 e. The Balaban J connectivity index is 2.00. The zero-order valence-electron chi connectivity index (χ0n) is 29.1. The fraction of sp³-hybridized carbons (Fsp3) is 0.528. The number of amides is 3. The van der Waals surface area contributed by atoms with E-state index in [1.165, 1.54) is 0 Å². The molecule has 0 spiro atoms. The number of primary amides is 1. The number of alkyl carbamates (subject to hydrolysis) is 1. The van der Waals surface area contributed by atoms with Crippen LogP contribution in [0.25, 0.3) is 0 Å². The first-order valence-electron chi connectivity index (χ1n) is 16.8. The lowest BCUT2D eigenvalue weighted by molar-refractivity contribution is -0.976. The molecule has 1 heterocycles. The van der Waals surface area contributed by atoms with E-state index in [9.17, 15) is 29.1 Å². The third-order valence-corrected chi connectivity index (χ3v) is 8.63. The summed E-state index contributed by atoms with van der Waals surface area (Å²) in [6, 6.07) is 14.8. The Morgan fingerprint density at radius 3 is 2.14 bits per heavy atom. The number of aliphatic carboxylic acids is 1. The van der Waals surface area contributed by atoms with Crippen LogP contribution >= 0.6 is 0 Å². The van der Waals surface area contributed by atoms with Crippen molar-refractivity contribution in [1.82, 2.24) is 16.1 Å². The van der Waals surface area contributed by atoms with E-state index in [0.29, 0.717) is 32.2 Å². The summed E-state index contributed by atoms with van der Waals surface area (Å²) in [6.45, 7) is 9.29. The van der Waals surface area contributed by atoms with Crippen LogP contribution in [-0.2, 0) is 41.7 Å². The van der Waals surface area contributed by atoms with Crippen molar-refractivity contribution >= 4 is 29.8 Å². The van der Waals surface area contributed by atoms with Crippen molar-refractivity contribution in [3.63, 3.8) is 0 Å². The van der Waals surface area contributed by atoms with E-state index in [2.05, 4.69) is 16.1 Å². The topological polar surface area (TPSA) is 186 Å². The van der Waals surface area contributed by atoms with Crippen molar-refractivity contribution in [1.29, 1.82) is 0 Å². The summed E-state index contributed by atoms with van der Waals surface area (Å²) in [5.41, 5.74) is 9.63. The van der Waals surface area contributed by atoms with E-state index in [1.807, 2.05) is 74.5 Å². The zero-order chi connectivity index (χ0) is 36.2. The molecule has 0 aromatic heterocycles. The van der Waals surface area contributed by atoms with Gasteiger partial charge in [-0.1, -0.05) is 80.9 Å². The number of hydrogen-bond acceptors (Lipinski definition) is 8. The second-order valence-electron chi connectivity index (χ2n) is 13.8. The molecule has 2 aromatic rings. The number of ether oxygens (including phenoxy) is 2. The Labute approximate surface area is 288 Å². The monoisotopic (exact) mass is 682 g/mol. The average molecular weight is 683 g/mol. The van der Waals surface area contributed by atoms with Gasteiger partial charge in [-0.3, -0.25) is 14.4 Å². The standard InChI is InChI=1S/C36H51N5O8/c1-6-24(2)31(33(44)45)40-41(19-13-18-29(41)34(46)48-23-26-16-11-8-12-17-26)22-27(20-25-14-9-7-10-15-25)38-32(43)28(21-30(37)42)39-35(47)49-36(3,4)5/h7-12,14-17,24,27-29,31,40H,6,13,18-23H2,1-5H3,(H4-,37,38,39,42,43,44,45,47)/p+1/t24-,27?,28-,29-,31-,41?/m0/s1. The molecule has 3 rings (SSSR count). The Morgan fingerprint density at radius 2 is 1.59 bits per heavy atom. The van der Waals surface area contributed by atoms with Gasteiger partial charge in [0.1, 0.15) is 24.8 Å². The third-order valence-electron chi connectivity index (χ3n) is 8.63. The van der Waals surface area contributed by atoms with Gasteiger partial charge in [0.2, 0.25) is 17.9 Å². The van der Waals surface area contributed by atoms with Gasteiger partial charge in [0.25, 0.3) is 0 Å². The van der Waals surface area contributed by atoms with Gasteiger partial charge in [0.15, 0.2) is 6.04 Å².